The number of fused-ring (bicyclic) bond motifs is 3. The van der Waals surface area contributed by atoms with Gasteiger partial charge in [0.15, 0.2) is 5.58 Å². The number of amides is 3. The molecular weight excluding hydrogens is 266 g/mol. The zero-order valence-electron chi connectivity index (χ0n) is 9.60. The molecule has 0 bridgehead atoms. The minimum atomic E-state index is -0.775. The minimum Gasteiger partial charge on any atom is -0.447 e. The molecule has 2 aromatic heterocycles. The summed E-state index contributed by atoms with van der Waals surface area (Å²) in [5.74, 6) is -0.845. The molecule has 5 N–H and O–H groups in total. The maximum Gasteiger partial charge on any atom is 0.316 e. The van der Waals surface area contributed by atoms with Crippen LogP contribution >= 0.6 is 11.3 Å². The Morgan fingerprint density at radius 2 is 1.95 bits per heavy atom. The summed E-state index contributed by atoms with van der Waals surface area (Å²) < 4.78 is 7.11. The number of hydrogen-bond acceptors (Lipinski definition) is 4. The van der Waals surface area contributed by atoms with Crippen molar-refractivity contribution in [1.82, 2.24) is 0 Å². The lowest BCUT2D eigenvalue weighted by molar-refractivity contribution is 0.0977. The number of benzene rings is 1. The van der Waals surface area contributed by atoms with Crippen LogP contribution in [0.3, 0.4) is 0 Å². The number of carbonyl (C=O) groups excluding carboxylic acids is 2. The Morgan fingerprint density at radius 3 is 2.63 bits per heavy atom. The van der Waals surface area contributed by atoms with Gasteiger partial charge in [-0.2, -0.15) is 0 Å². The Balaban J connectivity index is 2.37. The molecule has 2 heterocycles. The van der Waals surface area contributed by atoms with Gasteiger partial charge in [0.25, 0.3) is 5.91 Å². The topological polar surface area (TPSA) is 111 Å². The van der Waals surface area contributed by atoms with Crippen molar-refractivity contribution in [3.8, 4) is 0 Å². The molecule has 6 nitrogen and oxygen atoms in total. The molecule has 96 valence electrons. The predicted molar refractivity (Wildman–Crippen MR) is 73.3 cm³/mol. The van der Waals surface area contributed by atoms with Crippen LogP contribution in [0.2, 0.25) is 0 Å². The van der Waals surface area contributed by atoms with Crippen LogP contribution in [0.25, 0.3) is 20.4 Å². The highest BCUT2D eigenvalue weighted by atomic mass is 32.1. The van der Waals surface area contributed by atoms with Gasteiger partial charge in [-0.15, -0.1) is 11.3 Å². The summed E-state index contributed by atoms with van der Waals surface area (Å²) in [5, 5.41) is 3.26. The minimum absolute atomic E-state index is 0.0918. The highest BCUT2D eigenvalue weighted by molar-refractivity contribution is 7.26. The van der Waals surface area contributed by atoms with Crippen molar-refractivity contribution in [2.45, 2.75) is 0 Å². The van der Waals surface area contributed by atoms with Gasteiger partial charge < -0.3 is 21.2 Å². The largest absolute Gasteiger partial charge is 0.447 e. The van der Waals surface area contributed by atoms with Gasteiger partial charge in [-0.1, -0.05) is 12.1 Å². The van der Waals surface area contributed by atoms with E-state index in [9.17, 15) is 9.59 Å². The van der Waals surface area contributed by atoms with Crippen LogP contribution in [0.15, 0.2) is 28.7 Å². The third-order valence-corrected chi connectivity index (χ3v) is 3.85. The summed E-state index contributed by atoms with van der Waals surface area (Å²) in [6, 6.07) is 6.78. The van der Waals surface area contributed by atoms with E-state index < -0.39 is 11.9 Å². The smallest absolute Gasteiger partial charge is 0.316 e. The van der Waals surface area contributed by atoms with Gasteiger partial charge in [-0.25, -0.2) is 4.79 Å². The normalized spacial score (nSPS) is 10.9. The van der Waals surface area contributed by atoms with Crippen molar-refractivity contribution in [3.63, 3.8) is 0 Å². The number of rotatable bonds is 2. The third-order valence-electron chi connectivity index (χ3n) is 2.68. The van der Waals surface area contributed by atoms with E-state index in [4.69, 9.17) is 15.9 Å². The van der Waals surface area contributed by atoms with Crippen molar-refractivity contribution < 1.29 is 14.0 Å². The molecule has 0 radical (unpaired) electrons. The quantitative estimate of drug-likeness (QED) is 0.666. The second-order valence-electron chi connectivity index (χ2n) is 3.92. The lowest BCUT2D eigenvalue weighted by atomic mass is 10.2. The fourth-order valence-electron chi connectivity index (χ4n) is 1.95. The molecule has 7 heteroatoms. The van der Waals surface area contributed by atoms with Crippen LogP contribution in [0.1, 0.15) is 10.6 Å². The molecule has 0 aliphatic rings. The van der Waals surface area contributed by atoms with Gasteiger partial charge >= 0.3 is 6.03 Å². The molecular formula is C12H9N3O3S. The fourth-order valence-corrected chi connectivity index (χ4v) is 3.08. The molecule has 0 saturated carbocycles. The van der Waals surface area contributed by atoms with Gasteiger partial charge in [-0.05, 0) is 12.1 Å². The zero-order chi connectivity index (χ0) is 13.6. The molecule has 19 heavy (non-hydrogen) atoms. The Labute approximate surface area is 111 Å². The van der Waals surface area contributed by atoms with Crippen LogP contribution in [-0.4, -0.2) is 11.9 Å². The molecule has 3 rings (SSSR count). The maximum absolute atomic E-state index is 11.3. The summed E-state index contributed by atoms with van der Waals surface area (Å²) in [5.41, 5.74) is 11.1. The molecule has 1 aromatic carbocycles. The summed E-state index contributed by atoms with van der Waals surface area (Å²) in [6.45, 7) is 0. The summed E-state index contributed by atoms with van der Waals surface area (Å²) in [7, 11) is 0. The predicted octanol–water partition coefficient (Wildman–Crippen LogP) is 2.24. The van der Waals surface area contributed by atoms with Crippen LogP contribution in [0, 0.1) is 0 Å². The highest BCUT2D eigenvalue weighted by Gasteiger charge is 2.23. The third kappa shape index (κ3) is 1.71. The van der Waals surface area contributed by atoms with Gasteiger partial charge in [0, 0.05) is 10.1 Å². The second kappa shape index (κ2) is 3.99. The molecule has 0 unspecified atom stereocenters. The van der Waals surface area contributed by atoms with E-state index in [1.165, 1.54) is 11.3 Å². The Bertz CT molecular complexity index is 818. The van der Waals surface area contributed by atoms with E-state index in [1.54, 1.807) is 0 Å². The van der Waals surface area contributed by atoms with E-state index in [2.05, 4.69) is 5.32 Å². The van der Waals surface area contributed by atoms with Gasteiger partial charge in [0.1, 0.15) is 5.69 Å². The van der Waals surface area contributed by atoms with Crippen molar-refractivity contribution in [3.05, 3.63) is 30.0 Å². The summed E-state index contributed by atoms with van der Waals surface area (Å²) >= 11 is 1.40. The number of nitrogens with two attached hydrogens (primary N) is 2. The molecule has 0 aliphatic carbocycles. The number of furan rings is 1. The number of nitrogens with one attached hydrogen (secondary N) is 1. The lowest BCUT2D eigenvalue weighted by Crippen LogP contribution is -2.21. The first-order valence-electron chi connectivity index (χ1n) is 5.38. The number of thiophene rings is 1. The molecule has 0 fully saturated rings. The SMILES string of the molecule is NC(=O)Nc1c(C(N)=O)oc2c1sc1ccccc12. The van der Waals surface area contributed by atoms with Crippen molar-refractivity contribution in [2.75, 3.05) is 5.32 Å². The van der Waals surface area contributed by atoms with Crippen molar-refractivity contribution in [2.24, 2.45) is 11.5 Å². The summed E-state index contributed by atoms with van der Waals surface area (Å²) in [6.07, 6.45) is 0. The number of primary amides is 2. The second-order valence-corrected chi connectivity index (χ2v) is 4.97. The number of hydrogen-bond donors (Lipinski definition) is 3. The first kappa shape index (κ1) is 11.5. The van der Waals surface area contributed by atoms with Gasteiger partial charge in [0.2, 0.25) is 5.76 Å². The van der Waals surface area contributed by atoms with Crippen molar-refractivity contribution in [1.29, 1.82) is 0 Å². The lowest BCUT2D eigenvalue weighted by Gasteiger charge is -1.99. The monoisotopic (exact) mass is 275 g/mol. The van der Waals surface area contributed by atoms with E-state index >= 15 is 0 Å². The van der Waals surface area contributed by atoms with Crippen LogP contribution < -0.4 is 16.8 Å². The van der Waals surface area contributed by atoms with Gasteiger partial charge in [0.05, 0.1) is 4.70 Å². The van der Waals surface area contributed by atoms with E-state index in [0.29, 0.717) is 10.3 Å². The summed E-state index contributed by atoms with van der Waals surface area (Å²) in [4.78, 5) is 22.4. The number of anilines is 1. The Kier molecular flexibility index (Phi) is 2.42. The van der Waals surface area contributed by atoms with E-state index in [0.717, 1.165) is 10.1 Å². The molecule has 0 atom stereocenters. The fraction of sp³-hybridized carbons (Fsp3) is 0. The van der Waals surface area contributed by atoms with Crippen molar-refractivity contribution >= 4 is 49.3 Å². The Hall–Kier alpha value is -2.54. The van der Waals surface area contributed by atoms with Crippen LogP contribution in [0.4, 0.5) is 10.5 Å². The van der Waals surface area contributed by atoms with Crippen LogP contribution in [-0.2, 0) is 0 Å². The van der Waals surface area contributed by atoms with Gasteiger partial charge in [-0.3, -0.25) is 4.79 Å². The first-order chi connectivity index (χ1) is 9.08. The van der Waals surface area contributed by atoms with E-state index in [1.807, 2.05) is 24.3 Å². The van der Waals surface area contributed by atoms with E-state index in [-0.39, 0.29) is 11.4 Å². The maximum atomic E-state index is 11.3. The number of carbonyl (C=O) groups is 2. The van der Waals surface area contributed by atoms with Crippen LogP contribution in [0.5, 0.6) is 0 Å². The average Bonchev–Trinajstić information content (AvgIpc) is 2.86. The molecule has 3 aromatic rings. The molecule has 0 saturated heterocycles. The molecule has 0 aliphatic heterocycles. The molecule has 3 amide bonds. The zero-order valence-corrected chi connectivity index (χ0v) is 10.4. The average molecular weight is 275 g/mol. The molecule has 0 spiro atoms. The first-order valence-corrected chi connectivity index (χ1v) is 6.20. The number of urea groups is 1. The standard InChI is InChI=1S/C12H9N3O3S/c13-11(16)9-7(15-12(14)17)10-8(18-9)5-3-1-2-4-6(5)19-10/h1-4H,(H2,13,16)(H3,14,15,17). The Morgan fingerprint density at radius 1 is 1.21 bits per heavy atom. The highest BCUT2D eigenvalue weighted by Crippen LogP contribution is 2.41.